The third kappa shape index (κ3) is 2.64. The van der Waals surface area contributed by atoms with Crippen molar-refractivity contribution >= 4 is 17.4 Å². The zero-order valence-electron chi connectivity index (χ0n) is 9.65. The number of non-ortho nitro benzene ring substituents is 1. The first-order chi connectivity index (χ1) is 8.51. The number of benzene rings is 1. The summed E-state index contributed by atoms with van der Waals surface area (Å²) < 4.78 is 0. The van der Waals surface area contributed by atoms with Crippen molar-refractivity contribution in [2.24, 2.45) is 0 Å². The molecule has 1 fully saturated rings. The van der Waals surface area contributed by atoms with Crippen LogP contribution in [0.4, 0.5) is 5.69 Å². The van der Waals surface area contributed by atoms with Crippen molar-refractivity contribution in [3.05, 3.63) is 39.9 Å². The topological polar surface area (TPSA) is 86.8 Å². The molecule has 18 heavy (non-hydrogen) atoms. The first-order valence-corrected chi connectivity index (χ1v) is 6.70. The minimum absolute atomic E-state index is 0.0660. The Morgan fingerprint density at radius 1 is 1.22 bits per heavy atom. The Morgan fingerprint density at radius 3 is 2.28 bits per heavy atom. The Hall–Kier alpha value is -1.15. The molecule has 6 nitrogen and oxygen atoms in total. The molecule has 0 spiro atoms. The van der Waals surface area contributed by atoms with Gasteiger partial charge in [-0.15, -0.1) is 0 Å². The van der Waals surface area contributed by atoms with Gasteiger partial charge in [0.05, 0.1) is 4.92 Å². The summed E-state index contributed by atoms with van der Waals surface area (Å²) >= 11 is 1.76. The first-order valence-electron chi connectivity index (χ1n) is 5.54. The van der Waals surface area contributed by atoms with Crippen molar-refractivity contribution in [3.63, 3.8) is 0 Å². The maximum absolute atomic E-state index is 10.5. The maximum atomic E-state index is 10.5. The minimum atomic E-state index is -2.06. The van der Waals surface area contributed by atoms with E-state index in [9.17, 15) is 20.3 Å². The van der Waals surface area contributed by atoms with E-state index in [1.165, 1.54) is 24.3 Å². The Morgan fingerprint density at radius 2 is 1.78 bits per heavy atom. The molecule has 2 N–H and O–H groups in total. The van der Waals surface area contributed by atoms with Gasteiger partial charge in [-0.2, -0.15) is 11.8 Å². The molecule has 1 saturated heterocycles. The first kappa shape index (κ1) is 13.3. The summed E-state index contributed by atoms with van der Waals surface area (Å²) in [7, 11) is 0. The molecular formula is C11H14N2O4S. The van der Waals surface area contributed by atoms with Crippen LogP contribution in [0.15, 0.2) is 24.3 Å². The van der Waals surface area contributed by atoms with Gasteiger partial charge in [-0.05, 0) is 12.1 Å². The van der Waals surface area contributed by atoms with E-state index < -0.39 is 10.8 Å². The number of hydrogen-bond donors (Lipinski definition) is 2. The predicted octanol–water partition coefficient (Wildman–Crippen LogP) is 0.738. The molecule has 1 aromatic carbocycles. The molecule has 2 rings (SSSR count). The SMILES string of the molecule is O=[N+]([O-])c1ccc(C(O)(O)N2CCSCC2)cc1. The zero-order chi connectivity index (χ0) is 13.2. The van der Waals surface area contributed by atoms with Crippen molar-refractivity contribution in [2.45, 2.75) is 5.91 Å². The van der Waals surface area contributed by atoms with E-state index in [4.69, 9.17) is 0 Å². The molecule has 7 heteroatoms. The third-order valence-electron chi connectivity index (χ3n) is 2.92. The number of rotatable bonds is 3. The molecule has 0 atom stereocenters. The molecule has 0 aliphatic carbocycles. The highest BCUT2D eigenvalue weighted by atomic mass is 32.2. The molecule has 1 aliphatic heterocycles. The van der Waals surface area contributed by atoms with Crippen LogP contribution in [0.1, 0.15) is 5.56 Å². The van der Waals surface area contributed by atoms with Gasteiger partial charge >= 0.3 is 0 Å². The molecule has 1 aromatic rings. The lowest BCUT2D eigenvalue weighted by atomic mass is 10.1. The second-order valence-electron chi connectivity index (χ2n) is 4.04. The van der Waals surface area contributed by atoms with E-state index in [1.807, 2.05) is 0 Å². The Labute approximate surface area is 108 Å². The largest absolute Gasteiger partial charge is 0.349 e. The number of aliphatic hydroxyl groups is 2. The van der Waals surface area contributed by atoms with Gasteiger partial charge in [-0.1, -0.05) is 0 Å². The van der Waals surface area contributed by atoms with E-state index in [-0.39, 0.29) is 11.3 Å². The van der Waals surface area contributed by atoms with Crippen molar-refractivity contribution < 1.29 is 15.1 Å². The van der Waals surface area contributed by atoms with Crippen LogP contribution in [0.3, 0.4) is 0 Å². The summed E-state index contributed by atoms with van der Waals surface area (Å²) in [5.41, 5.74) is 0.184. The molecule has 0 unspecified atom stereocenters. The monoisotopic (exact) mass is 270 g/mol. The summed E-state index contributed by atoms with van der Waals surface area (Å²) in [6.45, 7) is 1.16. The number of nitro benzene ring substituents is 1. The Bertz CT molecular complexity index is 429. The van der Waals surface area contributed by atoms with Crippen LogP contribution >= 0.6 is 11.8 Å². The van der Waals surface area contributed by atoms with Gasteiger partial charge in [0.1, 0.15) is 0 Å². The van der Waals surface area contributed by atoms with E-state index in [0.717, 1.165) is 11.5 Å². The summed E-state index contributed by atoms with van der Waals surface area (Å²) in [6, 6.07) is 5.30. The third-order valence-corrected chi connectivity index (χ3v) is 3.86. The van der Waals surface area contributed by atoms with Gasteiger partial charge in [0.25, 0.3) is 11.6 Å². The number of hydrogen-bond acceptors (Lipinski definition) is 6. The Balaban J connectivity index is 2.20. The normalized spacial score (nSPS) is 17.7. The molecule has 1 heterocycles. The minimum Gasteiger partial charge on any atom is -0.349 e. The fourth-order valence-electron chi connectivity index (χ4n) is 1.86. The van der Waals surface area contributed by atoms with E-state index in [1.54, 1.807) is 16.7 Å². The summed E-state index contributed by atoms with van der Waals surface area (Å²) in [5, 5.41) is 30.8. The highest BCUT2D eigenvalue weighted by molar-refractivity contribution is 7.99. The second-order valence-corrected chi connectivity index (χ2v) is 5.26. The lowest BCUT2D eigenvalue weighted by molar-refractivity contribution is -0.384. The summed E-state index contributed by atoms with van der Waals surface area (Å²) in [4.78, 5) is 11.6. The smallest absolute Gasteiger partial charge is 0.269 e. The highest BCUT2D eigenvalue weighted by Gasteiger charge is 2.35. The van der Waals surface area contributed by atoms with E-state index in [0.29, 0.717) is 13.1 Å². The van der Waals surface area contributed by atoms with Crippen LogP contribution in [0, 0.1) is 10.1 Å². The molecule has 0 amide bonds. The molecule has 1 aliphatic rings. The van der Waals surface area contributed by atoms with Crippen LogP contribution in [-0.2, 0) is 5.91 Å². The van der Waals surface area contributed by atoms with Crippen molar-refractivity contribution in [1.82, 2.24) is 4.90 Å². The fraction of sp³-hybridized carbons (Fsp3) is 0.455. The fourth-order valence-corrected chi connectivity index (χ4v) is 2.77. The number of nitro groups is 1. The molecule has 0 bridgehead atoms. The standard InChI is InChI=1S/C11H14N2O4S/c14-11(15,12-5-7-18-8-6-12)9-1-3-10(4-2-9)13(16)17/h1-4,14-15H,5-8H2. The number of nitrogens with zero attached hydrogens (tertiary/aromatic N) is 2. The molecule has 98 valence electrons. The van der Waals surface area contributed by atoms with Crippen molar-refractivity contribution in [3.8, 4) is 0 Å². The Kier molecular flexibility index (Phi) is 3.86. The quantitative estimate of drug-likeness (QED) is 0.478. The predicted molar refractivity (Wildman–Crippen MR) is 68.1 cm³/mol. The van der Waals surface area contributed by atoms with E-state index >= 15 is 0 Å². The van der Waals surface area contributed by atoms with Crippen molar-refractivity contribution in [2.75, 3.05) is 24.6 Å². The van der Waals surface area contributed by atoms with Crippen LogP contribution in [0.25, 0.3) is 0 Å². The second kappa shape index (κ2) is 5.23. The van der Waals surface area contributed by atoms with Crippen LogP contribution in [0.5, 0.6) is 0 Å². The van der Waals surface area contributed by atoms with Crippen LogP contribution in [0.2, 0.25) is 0 Å². The van der Waals surface area contributed by atoms with Gasteiger partial charge in [0.15, 0.2) is 0 Å². The average Bonchev–Trinajstić information content (AvgIpc) is 2.40. The zero-order valence-corrected chi connectivity index (χ0v) is 10.5. The lowest BCUT2D eigenvalue weighted by Crippen LogP contribution is -2.49. The summed E-state index contributed by atoms with van der Waals surface area (Å²) in [6.07, 6.45) is 0. The molecule has 0 aromatic heterocycles. The lowest BCUT2D eigenvalue weighted by Gasteiger charge is -2.37. The van der Waals surface area contributed by atoms with Crippen LogP contribution in [-0.4, -0.2) is 44.6 Å². The molecule has 0 radical (unpaired) electrons. The average molecular weight is 270 g/mol. The van der Waals surface area contributed by atoms with Crippen LogP contribution < -0.4 is 0 Å². The van der Waals surface area contributed by atoms with Crippen molar-refractivity contribution in [1.29, 1.82) is 0 Å². The maximum Gasteiger partial charge on any atom is 0.269 e. The van der Waals surface area contributed by atoms with Gasteiger partial charge in [-0.25, -0.2) is 4.90 Å². The van der Waals surface area contributed by atoms with Gasteiger partial charge in [0.2, 0.25) is 0 Å². The molecule has 0 saturated carbocycles. The summed E-state index contributed by atoms with van der Waals surface area (Å²) in [5.74, 6) is -0.373. The van der Waals surface area contributed by atoms with Gasteiger partial charge in [0, 0.05) is 42.3 Å². The highest BCUT2D eigenvalue weighted by Crippen LogP contribution is 2.27. The van der Waals surface area contributed by atoms with E-state index in [2.05, 4.69) is 0 Å². The van der Waals surface area contributed by atoms with Gasteiger partial charge in [-0.3, -0.25) is 10.1 Å². The molecular weight excluding hydrogens is 256 g/mol. The number of thioether (sulfide) groups is 1. The van der Waals surface area contributed by atoms with Gasteiger partial charge < -0.3 is 10.2 Å².